The summed E-state index contributed by atoms with van der Waals surface area (Å²) < 4.78 is 6.64. The molecule has 0 spiro atoms. The van der Waals surface area contributed by atoms with Crippen molar-refractivity contribution < 1.29 is 4.74 Å². The Labute approximate surface area is 329 Å². The molecule has 4 aliphatic rings. The zero-order valence-electron chi connectivity index (χ0n) is 31.9. The molecule has 2 bridgehead atoms. The summed E-state index contributed by atoms with van der Waals surface area (Å²) in [6.45, 7) is 6.99. The average Bonchev–Trinajstić information content (AvgIpc) is 3.35. The molecule has 0 amide bonds. The molecular weight excluding hydrogens is 681 g/mol. The maximum Gasteiger partial charge on any atom is 0.133 e. The second-order valence-corrected chi connectivity index (χ2v) is 16.3. The van der Waals surface area contributed by atoms with Crippen LogP contribution in [-0.4, -0.2) is 5.84 Å². The highest BCUT2D eigenvalue weighted by molar-refractivity contribution is 6.05. The number of hydrogen-bond donors (Lipinski definition) is 1. The van der Waals surface area contributed by atoms with E-state index >= 15 is 0 Å². The number of hydrogen-bond acceptors (Lipinski definition) is 3. The van der Waals surface area contributed by atoms with Gasteiger partial charge < -0.3 is 10.1 Å². The van der Waals surface area contributed by atoms with Crippen molar-refractivity contribution in [2.24, 2.45) is 4.99 Å². The minimum atomic E-state index is -0.156. The summed E-state index contributed by atoms with van der Waals surface area (Å²) in [7, 11) is 0. The number of para-hydroxylation sites is 1. The molecule has 0 saturated carbocycles. The monoisotopic (exact) mass is 722 g/mol. The molecule has 2 heterocycles. The maximum absolute atomic E-state index is 6.64. The summed E-state index contributed by atoms with van der Waals surface area (Å²) >= 11 is 0. The molecule has 3 heteroatoms. The van der Waals surface area contributed by atoms with Crippen LogP contribution in [0.2, 0.25) is 0 Å². The molecule has 7 aromatic carbocycles. The van der Waals surface area contributed by atoms with Crippen molar-refractivity contribution in [3.8, 4) is 44.9 Å². The molecule has 3 nitrogen and oxygen atoms in total. The van der Waals surface area contributed by atoms with Gasteiger partial charge in [-0.2, -0.15) is 0 Å². The fourth-order valence-electron chi connectivity index (χ4n) is 9.99. The van der Waals surface area contributed by atoms with Crippen molar-refractivity contribution >= 4 is 11.5 Å². The summed E-state index contributed by atoms with van der Waals surface area (Å²) in [6.07, 6.45) is 2.06. The van der Waals surface area contributed by atoms with Crippen molar-refractivity contribution in [1.82, 2.24) is 5.32 Å². The van der Waals surface area contributed by atoms with E-state index in [-0.39, 0.29) is 17.4 Å². The lowest BCUT2D eigenvalue weighted by Gasteiger charge is -2.29. The van der Waals surface area contributed by atoms with Gasteiger partial charge in [-0.3, -0.25) is 4.99 Å². The first-order valence-electron chi connectivity index (χ1n) is 19.9. The first kappa shape index (κ1) is 32.9. The van der Waals surface area contributed by atoms with E-state index < -0.39 is 0 Å². The molecule has 7 aromatic rings. The summed E-state index contributed by atoms with van der Waals surface area (Å²) in [5, 5.41) is 3.75. The lowest BCUT2D eigenvalue weighted by atomic mass is 9.81. The van der Waals surface area contributed by atoms with Crippen molar-refractivity contribution in [3.05, 3.63) is 208 Å². The molecule has 270 valence electrons. The topological polar surface area (TPSA) is 33.6 Å². The first-order valence-corrected chi connectivity index (χ1v) is 19.9. The van der Waals surface area contributed by atoms with E-state index in [1.165, 1.54) is 77.9 Å². The fourth-order valence-corrected chi connectivity index (χ4v) is 9.99. The molecule has 11 rings (SSSR count). The minimum Gasteiger partial charge on any atom is -0.457 e. The summed E-state index contributed by atoms with van der Waals surface area (Å²) in [6, 6.07) is 57.5. The van der Waals surface area contributed by atoms with Crippen molar-refractivity contribution in [1.29, 1.82) is 0 Å². The van der Waals surface area contributed by atoms with E-state index in [0.717, 1.165) is 41.4 Å². The van der Waals surface area contributed by atoms with Crippen LogP contribution in [0.15, 0.2) is 168 Å². The highest BCUT2D eigenvalue weighted by Gasteiger charge is 2.39. The number of rotatable bonds is 4. The van der Waals surface area contributed by atoms with Gasteiger partial charge in [0.05, 0.1) is 0 Å². The van der Waals surface area contributed by atoms with E-state index in [0.29, 0.717) is 0 Å². The second-order valence-electron chi connectivity index (χ2n) is 16.3. The van der Waals surface area contributed by atoms with E-state index in [1.807, 2.05) is 0 Å². The zero-order valence-corrected chi connectivity index (χ0v) is 31.9. The summed E-state index contributed by atoms with van der Waals surface area (Å²) in [5.41, 5.74) is 20.0. The van der Waals surface area contributed by atoms with Crippen molar-refractivity contribution in [2.75, 3.05) is 0 Å². The number of amidine groups is 1. The number of benzene rings is 7. The van der Waals surface area contributed by atoms with Gasteiger partial charge in [0.25, 0.3) is 0 Å². The Hall–Kier alpha value is -6.45. The lowest BCUT2D eigenvalue weighted by Crippen LogP contribution is -2.29. The van der Waals surface area contributed by atoms with Crippen LogP contribution in [0.1, 0.15) is 83.7 Å². The standard InChI is InChI=1S/C53H42N2O/c1-32-50(33-14-6-4-7-15-33)54-52(34-16-8-5-9-17-34)55-51(32)42-20-12-21-46-49(42)44-31-36(25-29-45(44)53(46,2)3)35-24-26-39-38-27-28-41-37(43(39)30-35)19-13-23-48(41)56-47-22-11-10-18-40(38)47/h4-26,29-31,38,51H,27-28H2,1-3H3,(H,54,55). The predicted molar refractivity (Wildman–Crippen MR) is 229 cm³/mol. The number of nitrogens with one attached hydrogen (secondary N) is 1. The van der Waals surface area contributed by atoms with E-state index in [1.54, 1.807) is 0 Å². The van der Waals surface area contributed by atoms with Gasteiger partial charge in [-0.25, -0.2) is 0 Å². The largest absolute Gasteiger partial charge is 0.457 e. The van der Waals surface area contributed by atoms with Crippen LogP contribution < -0.4 is 10.1 Å². The molecule has 2 aliphatic heterocycles. The number of fused-ring (bicyclic) bond motifs is 10. The lowest BCUT2D eigenvalue weighted by molar-refractivity contribution is 0.456. The molecule has 2 atom stereocenters. The summed E-state index contributed by atoms with van der Waals surface area (Å²) in [4.78, 5) is 5.52. The fraction of sp³-hybridized carbons (Fsp3) is 0.151. The molecular formula is C53H42N2O. The van der Waals surface area contributed by atoms with Gasteiger partial charge in [0, 0.05) is 33.7 Å². The Morgan fingerprint density at radius 2 is 1.25 bits per heavy atom. The van der Waals surface area contributed by atoms with Crippen molar-refractivity contribution in [3.63, 3.8) is 0 Å². The molecule has 2 unspecified atom stereocenters. The van der Waals surface area contributed by atoms with Gasteiger partial charge in [0.2, 0.25) is 0 Å². The van der Waals surface area contributed by atoms with Crippen LogP contribution in [0, 0.1) is 0 Å². The second kappa shape index (κ2) is 12.5. The highest BCUT2D eigenvalue weighted by Crippen LogP contribution is 2.54. The third-order valence-corrected chi connectivity index (χ3v) is 12.8. The average molecular weight is 723 g/mol. The van der Waals surface area contributed by atoms with E-state index in [9.17, 15) is 0 Å². The van der Waals surface area contributed by atoms with Crippen LogP contribution in [0.4, 0.5) is 0 Å². The predicted octanol–water partition coefficient (Wildman–Crippen LogP) is 13.0. The number of ether oxygens (including phenoxy) is 1. The Balaban J connectivity index is 1.08. The molecule has 1 N–H and O–H groups in total. The van der Waals surface area contributed by atoms with Crippen molar-refractivity contribution in [2.45, 2.75) is 51.0 Å². The van der Waals surface area contributed by atoms with Crippen LogP contribution in [0.25, 0.3) is 39.1 Å². The molecule has 0 saturated heterocycles. The third-order valence-electron chi connectivity index (χ3n) is 12.8. The SMILES string of the molecule is CC1=C(c2ccccc2)NC(c2ccccc2)=NC1c1cccc2c1-c1cc(-c3ccc4c(c3)-c3cccc5c3CCC4c3ccccc3O5)ccc1C2(C)C. The quantitative estimate of drug-likeness (QED) is 0.196. The Kier molecular flexibility index (Phi) is 7.38. The Bertz CT molecular complexity index is 2790. The van der Waals surface area contributed by atoms with E-state index in [2.05, 4.69) is 184 Å². The molecule has 0 aromatic heterocycles. The summed E-state index contributed by atoms with van der Waals surface area (Å²) in [5.74, 6) is 3.12. The molecule has 0 fully saturated rings. The van der Waals surface area contributed by atoms with E-state index in [4.69, 9.17) is 9.73 Å². The van der Waals surface area contributed by atoms with Crippen LogP contribution in [0.3, 0.4) is 0 Å². The van der Waals surface area contributed by atoms with Gasteiger partial charge in [0.1, 0.15) is 23.4 Å². The maximum atomic E-state index is 6.64. The normalized spacial score (nSPS) is 18.2. The Morgan fingerprint density at radius 3 is 2.07 bits per heavy atom. The zero-order chi connectivity index (χ0) is 37.5. The molecule has 0 radical (unpaired) electrons. The highest BCUT2D eigenvalue weighted by atomic mass is 16.5. The number of aliphatic imine (C=N–C) groups is 1. The van der Waals surface area contributed by atoms with Gasteiger partial charge in [-0.15, -0.1) is 0 Å². The Morgan fingerprint density at radius 1 is 0.571 bits per heavy atom. The number of nitrogens with zero attached hydrogens (tertiary/aromatic N) is 1. The van der Waals surface area contributed by atoms with Gasteiger partial charge in [0.15, 0.2) is 0 Å². The van der Waals surface area contributed by atoms with Crippen LogP contribution >= 0.6 is 0 Å². The van der Waals surface area contributed by atoms with Gasteiger partial charge >= 0.3 is 0 Å². The minimum absolute atomic E-state index is 0.156. The smallest absolute Gasteiger partial charge is 0.133 e. The first-order chi connectivity index (χ1) is 27.4. The third kappa shape index (κ3) is 5.00. The molecule has 2 aliphatic carbocycles. The van der Waals surface area contributed by atoms with Gasteiger partial charge in [-0.1, -0.05) is 147 Å². The van der Waals surface area contributed by atoms with Crippen LogP contribution in [-0.2, 0) is 11.8 Å². The van der Waals surface area contributed by atoms with Crippen LogP contribution in [0.5, 0.6) is 11.5 Å². The molecule has 56 heavy (non-hydrogen) atoms. The van der Waals surface area contributed by atoms with Gasteiger partial charge in [-0.05, 0) is 111 Å².